The molecule has 3 unspecified atom stereocenters. The highest BCUT2D eigenvalue weighted by atomic mass is 32.2. The van der Waals surface area contributed by atoms with Crippen molar-refractivity contribution >= 4 is 23.5 Å². The summed E-state index contributed by atoms with van der Waals surface area (Å²) in [6.07, 6.45) is 0.744. The lowest BCUT2D eigenvalue weighted by atomic mass is 10.2. The second-order valence-corrected chi connectivity index (χ2v) is 7.73. The summed E-state index contributed by atoms with van der Waals surface area (Å²) in [5.74, 6) is 1.88. The number of hydrogen-bond acceptors (Lipinski definition) is 4. The van der Waals surface area contributed by atoms with Gasteiger partial charge in [-0.05, 0) is 13.3 Å². The van der Waals surface area contributed by atoms with Crippen LogP contribution in [0.5, 0.6) is 0 Å². The molecule has 0 aromatic carbocycles. The number of hydrogen-bond donors (Lipinski definition) is 1. The second-order valence-electron chi connectivity index (χ2n) is 4.74. The smallest absolute Gasteiger partial charge is 0.254 e. The van der Waals surface area contributed by atoms with Crippen molar-refractivity contribution in [1.82, 2.24) is 9.97 Å². The van der Waals surface area contributed by atoms with E-state index in [4.69, 9.17) is 0 Å². The van der Waals surface area contributed by atoms with Gasteiger partial charge in [-0.2, -0.15) is 11.8 Å². The number of H-pyrrole nitrogens is 1. The number of thioether (sulfide) groups is 2. The first kappa shape index (κ1) is 14.0. The lowest BCUT2D eigenvalue weighted by Gasteiger charge is -2.30. The Morgan fingerprint density at radius 1 is 1.39 bits per heavy atom. The molecule has 0 aliphatic carbocycles. The molecule has 1 N–H and O–H groups in total. The standard InChI is InChI=1S/C13H20N2OS2/c1-5-10-7(2)14-12(15-13(10)16)11-6-17-8(3)9(4)18-11/h8-9,11H,5-6H2,1-4H3,(H,14,15,16). The normalized spacial score (nSPS) is 28.3. The summed E-state index contributed by atoms with van der Waals surface area (Å²) in [5, 5.41) is 1.60. The summed E-state index contributed by atoms with van der Waals surface area (Å²) in [7, 11) is 0. The van der Waals surface area contributed by atoms with Gasteiger partial charge in [-0.1, -0.05) is 20.8 Å². The molecule has 100 valence electrons. The molecular formula is C13H20N2OS2. The van der Waals surface area contributed by atoms with Crippen LogP contribution in [0.4, 0.5) is 0 Å². The van der Waals surface area contributed by atoms with Gasteiger partial charge in [0.15, 0.2) is 0 Å². The van der Waals surface area contributed by atoms with E-state index in [0.717, 1.165) is 29.3 Å². The molecule has 0 spiro atoms. The highest BCUT2D eigenvalue weighted by Crippen LogP contribution is 2.42. The van der Waals surface area contributed by atoms with E-state index in [1.165, 1.54) is 0 Å². The Morgan fingerprint density at radius 3 is 2.67 bits per heavy atom. The third-order valence-corrected chi connectivity index (χ3v) is 6.85. The zero-order valence-corrected chi connectivity index (χ0v) is 13.0. The van der Waals surface area contributed by atoms with Crippen molar-refractivity contribution in [2.45, 2.75) is 49.9 Å². The van der Waals surface area contributed by atoms with E-state index in [9.17, 15) is 4.79 Å². The SMILES string of the molecule is CCc1c(C)nc(C2CSC(C)C(C)S2)[nH]c1=O. The lowest BCUT2D eigenvalue weighted by molar-refractivity contribution is 0.828. The highest BCUT2D eigenvalue weighted by molar-refractivity contribution is 8.07. The quantitative estimate of drug-likeness (QED) is 0.907. The molecule has 1 saturated heterocycles. The first-order valence-corrected chi connectivity index (χ1v) is 8.38. The minimum atomic E-state index is 0.0388. The average molecular weight is 284 g/mol. The summed E-state index contributed by atoms with van der Waals surface area (Å²) in [4.78, 5) is 19.5. The monoisotopic (exact) mass is 284 g/mol. The van der Waals surface area contributed by atoms with E-state index < -0.39 is 0 Å². The van der Waals surface area contributed by atoms with Crippen LogP contribution in [-0.2, 0) is 6.42 Å². The van der Waals surface area contributed by atoms with Crippen LogP contribution in [0, 0.1) is 6.92 Å². The van der Waals surface area contributed by atoms with Crippen LogP contribution < -0.4 is 5.56 Å². The molecule has 2 rings (SSSR count). The molecule has 1 aromatic heterocycles. The molecule has 0 saturated carbocycles. The molecule has 1 aliphatic heterocycles. The number of aryl methyl sites for hydroxylation is 1. The van der Waals surface area contributed by atoms with Crippen LogP contribution in [0.15, 0.2) is 4.79 Å². The number of aromatic nitrogens is 2. The molecular weight excluding hydrogens is 264 g/mol. The summed E-state index contributed by atoms with van der Waals surface area (Å²) in [6.45, 7) is 8.44. The van der Waals surface area contributed by atoms with Crippen LogP contribution in [0.3, 0.4) is 0 Å². The maximum absolute atomic E-state index is 12.0. The molecule has 0 amide bonds. The molecule has 2 heterocycles. The first-order valence-electron chi connectivity index (χ1n) is 6.39. The Morgan fingerprint density at radius 2 is 2.11 bits per heavy atom. The molecule has 1 aliphatic rings. The fourth-order valence-electron chi connectivity index (χ4n) is 2.13. The minimum Gasteiger partial charge on any atom is -0.309 e. The van der Waals surface area contributed by atoms with E-state index >= 15 is 0 Å². The van der Waals surface area contributed by atoms with Gasteiger partial charge in [-0.25, -0.2) is 4.98 Å². The van der Waals surface area contributed by atoms with Crippen LogP contribution in [0.1, 0.15) is 43.1 Å². The zero-order valence-electron chi connectivity index (χ0n) is 11.3. The van der Waals surface area contributed by atoms with Gasteiger partial charge in [0.2, 0.25) is 0 Å². The van der Waals surface area contributed by atoms with Gasteiger partial charge in [0.25, 0.3) is 5.56 Å². The van der Waals surface area contributed by atoms with E-state index in [0.29, 0.717) is 15.7 Å². The molecule has 18 heavy (non-hydrogen) atoms. The van der Waals surface area contributed by atoms with Crippen molar-refractivity contribution in [3.05, 3.63) is 27.4 Å². The predicted molar refractivity (Wildman–Crippen MR) is 80.7 cm³/mol. The largest absolute Gasteiger partial charge is 0.309 e. The molecule has 1 fully saturated rings. The van der Waals surface area contributed by atoms with Gasteiger partial charge in [-0.15, -0.1) is 11.8 Å². The van der Waals surface area contributed by atoms with Gasteiger partial charge in [-0.3, -0.25) is 4.79 Å². The zero-order chi connectivity index (χ0) is 13.3. The third-order valence-electron chi connectivity index (χ3n) is 3.45. The van der Waals surface area contributed by atoms with Crippen molar-refractivity contribution in [2.24, 2.45) is 0 Å². The van der Waals surface area contributed by atoms with Crippen molar-refractivity contribution in [2.75, 3.05) is 5.75 Å². The number of aromatic amines is 1. The number of nitrogens with zero attached hydrogens (tertiary/aromatic N) is 1. The van der Waals surface area contributed by atoms with Gasteiger partial charge in [0, 0.05) is 27.5 Å². The second kappa shape index (κ2) is 5.70. The van der Waals surface area contributed by atoms with Crippen molar-refractivity contribution in [1.29, 1.82) is 0 Å². The Bertz CT molecular complexity index is 486. The van der Waals surface area contributed by atoms with Crippen LogP contribution >= 0.6 is 23.5 Å². The lowest BCUT2D eigenvalue weighted by Crippen LogP contribution is -2.26. The molecule has 3 nitrogen and oxygen atoms in total. The van der Waals surface area contributed by atoms with Crippen LogP contribution in [0.2, 0.25) is 0 Å². The number of nitrogens with one attached hydrogen (secondary N) is 1. The fraction of sp³-hybridized carbons (Fsp3) is 0.692. The molecule has 3 atom stereocenters. The van der Waals surface area contributed by atoms with Crippen molar-refractivity contribution in [3.8, 4) is 0 Å². The minimum absolute atomic E-state index is 0.0388. The van der Waals surface area contributed by atoms with E-state index in [1.807, 2.05) is 37.4 Å². The molecule has 1 aromatic rings. The molecule has 0 radical (unpaired) electrons. The Labute approximate surface area is 117 Å². The topological polar surface area (TPSA) is 45.8 Å². The van der Waals surface area contributed by atoms with Gasteiger partial charge < -0.3 is 4.98 Å². The average Bonchev–Trinajstić information content (AvgIpc) is 2.32. The maximum atomic E-state index is 12.0. The van der Waals surface area contributed by atoms with Gasteiger partial charge in [0.1, 0.15) is 5.82 Å². The third kappa shape index (κ3) is 2.77. The van der Waals surface area contributed by atoms with E-state index in [2.05, 4.69) is 23.8 Å². The van der Waals surface area contributed by atoms with Crippen LogP contribution in [0.25, 0.3) is 0 Å². The van der Waals surface area contributed by atoms with Gasteiger partial charge >= 0.3 is 0 Å². The fourth-order valence-corrected chi connectivity index (χ4v) is 4.99. The number of rotatable bonds is 2. The summed E-state index contributed by atoms with van der Waals surface area (Å²) < 4.78 is 0. The van der Waals surface area contributed by atoms with Gasteiger partial charge in [0.05, 0.1) is 5.25 Å². The highest BCUT2D eigenvalue weighted by Gasteiger charge is 2.28. The molecule has 5 heteroatoms. The Kier molecular flexibility index (Phi) is 4.43. The summed E-state index contributed by atoms with van der Waals surface area (Å²) in [5.41, 5.74) is 1.73. The Hall–Kier alpha value is -0.420. The van der Waals surface area contributed by atoms with E-state index in [-0.39, 0.29) is 5.56 Å². The summed E-state index contributed by atoms with van der Waals surface area (Å²) >= 11 is 3.89. The summed E-state index contributed by atoms with van der Waals surface area (Å²) in [6, 6.07) is 0. The Balaban J connectivity index is 2.27. The van der Waals surface area contributed by atoms with Crippen molar-refractivity contribution in [3.63, 3.8) is 0 Å². The maximum Gasteiger partial charge on any atom is 0.254 e. The van der Waals surface area contributed by atoms with Crippen molar-refractivity contribution < 1.29 is 0 Å². The predicted octanol–water partition coefficient (Wildman–Crippen LogP) is 2.94. The van der Waals surface area contributed by atoms with Crippen LogP contribution in [-0.4, -0.2) is 26.2 Å². The molecule has 0 bridgehead atoms. The first-order chi connectivity index (χ1) is 8.52. The van der Waals surface area contributed by atoms with E-state index in [1.54, 1.807) is 0 Å².